The van der Waals surface area contributed by atoms with Crippen molar-refractivity contribution in [3.05, 3.63) is 34.9 Å². The third-order valence-electron chi connectivity index (χ3n) is 11.6. The van der Waals surface area contributed by atoms with Crippen LogP contribution < -0.4 is 0 Å². The van der Waals surface area contributed by atoms with Crippen LogP contribution in [0.15, 0.2) is 34.9 Å². The fraction of sp³-hybridized carbons (Fsp3) is 0.765. The lowest BCUT2D eigenvalue weighted by Gasteiger charge is -2.61. The van der Waals surface area contributed by atoms with Crippen molar-refractivity contribution in [2.45, 2.75) is 125 Å². The predicted octanol–water partition coefficient (Wildman–Crippen LogP) is 6.61. The number of carbonyl (C=O) groups excluding carboxylic acids is 1. The van der Waals surface area contributed by atoms with Gasteiger partial charge in [-0.3, -0.25) is 9.59 Å². The van der Waals surface area contributed by atoms with Crippen LogP contribution in [0.5, 0.6) is 0 Å². The molecule has 0 aromatic carbocycles. The maximum absolute atomic E-state index is 12.5. The Labute approximate surface area is 241 Å². The van der Waals surface area contributed by atoms with Gasteiger partial charge in [0.2, 0.25) is 0 Å². The number of aliphatic hydroxyl groups excluding tert-OH is 2. The van der Waals surface area contributed by atoms with E-state index >= 15 is 0 Å². The van der Waals surface area contributed by atoms with E-state index in [-0.39, 0.29) is 24.2 Å². The van der Waals surface area contributed by atoms with Crippen LogP contribution >= 0.6 is 0 Å². The normalized spacial score (nSPS) is 37.2. The molecule has 0 aromatic rings. The molecule has 4 aliphatic carbocycles. The van der Waals surface area contributed by atoms with Crippen LogP contribution in [0, 0.1) is 39.9 Å². The van der Waals surface area contributed by atoms with Gasteiger partial charge in [-0.2, -0.15) is 0 Å². The standard InChI is InChI=1S/C34H52O6/c1-19(2)20(3)9-10-21(4)23-12-13-24-22-11-14-27-32(5,6)31(39)26(40-29(38)16-15-28(36)37)18-34(27,8)30(22)25(35)17-33(23,24)7/h13,19,21,23,25-27,31,35,39H,3,9-12,14-18H2,1-2,4-8H3,(H,36,37)/t21-,23-,25+,26-,27?,31+,33?,34?/m1/s1. The van der Waals surface area contributed by atoms with Gasteiger partial charge in [-0.15, -0.1) is 0 Å². The first-order valence-corrected chi connectivity index (χ1v) is 15.4. The van der Waals surface area contributed by atoms with Crippen LogP contribution in [0.2, 0.25) is 0 Å². The van der Waals surface area contributed by atoms with Crippen molar-refractivity contribution in [1.29, 1.82) is 0 Å². The van der Waals surface area contributed by atoms with Gasteiger partial charge in [0.15, 0.2) is 0 Å². The molecule has 4 rings (SSSR count). The molecule has 6 nitrogen and oxygen atoms in total. The van der Waals surface area contributed by atoms with Crippen LogP contribution in [-0.4, -0.2) is 45.6 Å². The highest BCUT2D eigenvalue weighted by atomic mass is 16.6. The van der Waals surface area contributed by atoms with Crippen molar-refractivity contribution in [3.8, 4) is 0 Å². The third kappa shape index (κ3) is 5.24. The first kappa shape index (κ1) is 31.0. The predicted molar refractivity (Wildman–Crippen MR) is 156 cm³/mol. The summed E-state index contributed by atoms with van der Waals surface area (Å²) in [6, 6.07) is 0. The molecule has 1 fully saturated rings. The topological polar surface area (TPSA) is 104 Å². The van der Waals surface area contributed by atoms with Crippen molar-refractivity contribution in [1.82, 2.24) is 0 Å². The summed E-state index contributed by atoms with van der Waals surface area (Å²) in [6.07, 6.45) is 5.83. The van der Waals surface area contributed by atoms with Crippen molar-refractivity contribution in [2.75, 3.05) is 0 Å². The Bertz CT molecular complexity index is 1100. The summed E-state index contributed by atoms with van der Waals surface area (Å²) in [5, 5.41) is 32.3. The molecule has 40 heavy (non-hydrogen) atoms. The average molecular weight is 557 g/mol. The van der Waals surface area contributed by atoms with Crippen molar-refractivity contribution >= 4 is 11.9 Å². The molecular formula is C34H52O6. The fourth-order valence-corrected chi connectivity index (χ4v) is 9.27. The third-order valence-corrected chi connectivity index (χ3v) is 11.6. The number of allylic oxidation sites excluding steroid dienone is 4. The van der Waals surface area contributed by atoms with E-state index in [0.29, 0.717) is 30.6 Å². The number of ether oxygens (including phenoxy) is 1. The summed E-state index contributed by atoms with van der Waals surface area (Å²) < 4.78 is 5.76. The Kier molecular flexibility index (Phi) is 8.57. The molecule has 0 heterocycles. The molecule has 1 saturated carbocycles. The van der Waals surface area contributed by atoms with Gasteiger partial charge in [-0.25, -0.2) is 0 Å². The lowest BCUT2D eigenvalue weighted by molar-refractivity contribution is -0.190. The van der Waals surface area contributed by atoms with Gasteiger partial charge in [-0.05, 0) is 102 Å². The van der Waals surface area contributed by atoms with Crippen molar-refractivity contribution in [3.63, 3.8) is 0 Å². The van der Waals surface area contributed by atoms with E-state index < -0.39 is 41.1 Å². The fourth-order valence-electron chi connectivity index (χ4n) is 9.27. The van der Waals surface area contributed by atoms with E-state index in [0.717, 1.165) is 37.7 Å². The zero-order chi connectivity index (χ0) is 29.8. The van der Waals surface area contributed by atoms with Gasteiger partial charge in [-0.1, -0.05) is 66.7 Å². The van der Waals surface area contributed by atoms with Gasteiger partial charge in [0.25, 0.3) is 0 Å². The van der Waals surface area contributed by atoms with E-state index in [9.17, 15) is 19.8 Å². The summed E-state index contributed by atoms with van der Waals surface area (Å²) in [5.41, 5.74) is 4.05. The lowest BCUT2D eigenvalue weighted by Crippen LogP contribution is -2.60. The highest BCUT2D eigenvalue weighted by molar-refractivity contribution is 5.76. The van der Waals surface area contributed by atoms with Gasteiger partial charge < -0.3 is 20.1 Å². The molecule has 0 saturated heterocycles. The van der Waals surface area contributed by atoms with E-state index in [2.05, 4.69) is 47.3 Å². The first-order valence-electron chi connectivity index (χ1n) is 15.4. The molecule has 0 bridgehead atoms. The second-order valence-electron chi connectivity index (χ2n) is 14.7. The molecule has 224 valence electrons. The molecule has 4 aliphatic rings. The van der Waals surface area contributed by atoms with Crippen LogP contribution in [0.1, 0.15) is 106 Å². The van der Waals surface area contributed by atoms with Gasteiger partial charge in [0, 0.05) is 0 Å². The molecule has 0 aromatic heterocycles. The summed E-state index contributed by atoms with van der Waals surface area (Å²) in [7, 11) is 0. The molecule has 0 amide bonds. The summed E-state index contributed by atoms with van der Waals surface area (Å²) >= 11 is 0. The van der Waals surface area contributed by atoms with Crippen molar-refractivity contribution < 1.29 is 29.6 Å². The smallest absolute Gasteiger partial charge is 0.306 e. The highest BCUT2D eigenvalue weighted by Crippen LogP contribution is 2.67. The minimum absolute atomic E-state index is 0.0770. The second kappa shape index (κ2) is 11.1. The van der Waals surface area contributed by atoms with Gasteiger partial charge in [0.05, 0.1) is 25.0 Å². The first-order chi connectivity index (χ1) is 18.5. The van der Waals surface area contributed by atoms with Crippen molar-refractivity contribution in [2.24, 2.45) is 39.9 Å². The Balaban J connectivity index is 1.63. The monoisotopic (exact) mass is 556 g/mol. The maximum Gasteiger partial charge on any atom is 0.306 e. The number of hydrogen-bond donors (Lipinski definition) is 3. The quantitative estimate of drug-likeness (QED) is 0.218. The van der Waals surface area contributed by atoms with E-state index in [4.69, 9.17) is 9.84 Å². The average Bonchev–Trinajstić information content (AvgIpc) is 3.20. The number of esters is 1. The Hall–Kier alpha value is -1.92. The minimum atomic E-state index is -1.05. The number of fused-ring (bicyclic) bond motifs is 4. The number of carboxylic acid groups (broad SMARTS) is 1. The molecular weight excluding hydrogens is 504 g/mol. The highest BCUT2D eigenvalue weighted by Gasteiger charge is 2.62. The molecule has 8 atom stereocenters. The minimum Gasteiger partial charge on any atom is -0.481 e. The Morgan fingerprint density at radius 3 is 2.35 bits per heavy atom. The number of carbonyl (C=O) groups is 2. The number of aliphatic hydroxyl groups is 2. The Morgan fingerprint density at radius 1 is 1.05 bits per heavy atom. The second-order valence-corrected chi connectivity index (χ2v) is 14.7. The van der Waals surface area contributed by atoms with Crippen LogP contribution in [0.25, 0.3) is 0 Å². The van der Waals surface area contributed by atoms with Gasteiger partial charge >= 0.3 is 11.9 Å². The summed E-state index contributed by atoms with van der Waals surface area (Å²) in [5.74, 6) is -0.0230. The molecule has 6 heteroatoms. The van der Waals surface area contributed by atoms with E-state index in [1.54, 1.807) is 0 Å². The molecule has 3 N–H and O–H groups in total. The number of carboxylic acids is 1. The molecule has 3 unspecified atom stereocenters. The lowest BCUT2D eigenvalue weighted by atomic mass is 9.45. The van der Waals surface area contributed by atoms with Crippen LogP contribution in [-0.2, 0) is 14.3 Å². The zero-order valence-corrected chi connectivity index (χ0v) is 25.8. The summed E-state index contributed by atoms with van der Waals surface area (Å²) in [4.78, 5) is 23.5. The molecule has 0 spiro atoms. The number of aliphatic carboxylic acids is 1. The molecule has 0 aliphatic heterocycles. The van der Waals surface area contributed by atoms with Gasteiger partial charge in [0.1, 0.15) is 6.10 Å². The number of hydrogen-bond acceptors (Lipinski definition) is 5. The van der Waals surface area contributed by atoms with E-state index in [1.807, 2.05) is 13.8 Å². The SMILES string of the molecule is C=C(CC[C@@H](C)[C@H]1CC=C2C3=C([C@@H](O)CC21C)C1(C)C[C@@H](OC(=O)CCC(=O)O)[C@H](O)C(C)(C)C1CC3)C(C)C. The van der Waals surface area contributed by atoms with E-state index in [1.165, 1.54) is 16.7 Å². The zero-order valence-electron chi connectivity index (χ0n) is 25.8. The Morgan fingerprint density at radius 2 is 1.73 bits per heavy atom. The van der Waals surface area contributed by atoms with Crippen LogP contribution in [0.4, 0.5) is 0 Å². The number of rotatable bonds is 9. The summed E-state index contributed by atoms with van der Waals surface area (Å²) in [6.45, 7) is 19.7. The maximum atomic E-state index is 12.5. The molecule has 0 radical (unpaired) electrons. The largest absolute Gasteiger partial charge is 0.481 e. The van der Waals surface area contributed by atoms with Crippen LogP contribution in [0.3, 0.4) is 0 Å².